The minimum absolute atomic E-state index is 0.319. The first kappa shape index (κ1) is 15.6. The van der Waals surface area contributed by atoms with Crippen LogP contribution in [-0.2, 0) is 9.59 Å². The zero-order valence-corrected chi connectivity index (χ0v) is 14.0. The average Bonchev–Trinajstić information content (AvgIpc) is 2.42. The Labute approximate surface area is 133 Å². The molecule has 2 rings (SSSR count). The van der Waals surface area contributed by atoms with Gasteiger partial charge in [-0.3, -0.25) is 0 Å². The summed E-state index contributed by atoms with van der Waals surface area (Å²) in [7, 11) is 0. The molecule has 0 radical (unpaired) electrons. The van der Waals surface area contributed by atoms with Crippen LogP contribution in [0.5, 0.6) is 11.5 Å². The van der Waals surface area contributed by atoms with Crippen molar-refractivity contribution in [2.24, 2.45) is 0 Å². The fourth-order valence-electron chi connectivity index (χ4n) is 1.62. The monoisotopic (exact) mass is 400 g/mol. The molecule has 0 unspecified atom stereocenters. The summed E-state index contributed by atoms with van der Waals surface area (Å²) in [5.41, 5.74) is 0. The summed E-state index contributed by atoms with van der Waals surface area (Å²) < 4.78 is 12.5. The van der Waals surface area contributed by atoms with E-state index < -0.39 is 20.9 Å². The molecule has 0 saturated carbocycles. The van der Waals surface area contributed by atoms with Gasteiger partial charge in [0.25, 0.3) is 0 Å². The van der Waals surface area contributed by atoms with Crippen molar-refractivity contribution >= 4 is 40.1 Å². The topological polar surface area (TPSA) is 52.6 Å². The van der Waals surface area contributed by atoms with Gasteiger partial charge in [0.2, 0.25) is 0 Å². The summed E-state index contributed by atoms with van der Waals surface area (Å²) in [6.07, 6.45) is 0. The van der Waals surface area contributed by atoms with Crippen molar-refractivity contribution < 1.29 is 19.1 Å². The fraction of sp³-hybridized carbons (Fsp3) is 0.125. The number of carbonyl (C=O) groups is 2. The van der Waals surface area contributed by atoms with Gasteiger partial charge in [-0.15, -0.1) is 0 Å². The third kappa shape index (κ3) is 5.22. The van der Waals surface area contributed by atoms with Gasteiger partial charge in [0.1, 0.15) is 0 Å². The Kier molecular flexibility index (Phi) is 5.38. The second-order valence-corrected chi connectivity index (χ2v) is 7.51. The summed E-state index contributed by atoms with van der Waals surface area (Å²) in [5, 5.41) is 0. The van der Waals surface area contributed by atoms with E-state index in [2.05, 4.69) is 0 Å². The summed E-state index contributed by atoms with van der Waals surface area (Å²) >= 11 is -0.515. The van der Waals surface area contributed by atoms with E-state index in [1.165, 1.54) is 21.1 Å². The van der Waals surface area contributed by atoms with Crippen molar-refractivity contribution in [1.82, 2.24) is 0 Å². The van der Waals surface area contributed by atoms with Crippen molar-refractivity contribution in [2.75, 3.05) is 0 Å². The molecule has 2 aromatic rings. The van der Waals surface area contributed by atoms with Gasteiger partial charge in [-0.2, -0.15) is 0 Å². The normalized spacial score (nSPS) is 10.0. The number of ether oxygens (including phenoxy) is 2. The minimum atomic E-state index is -0.515. The molecule has 4 nitrogen and oxygen atoms in total. The molecule has 0 heterocycles. The van der Waals surface area contributed by atoms with Crippen molar-refractivity contribution in [3.05, 3.63) is 48.5 Å². The van der Waals surface area contributed by atoms with Gasteiger partial charge in [-0.25, -0.2) is 0 Å². The maximum absolute atomic E-state index is 10.8. The second-order valence-electron chi connectivity index (χ2n) is 4.23. The Morgan fingerprint density at radius 2 is 1.05 bits per heavy atom. The fourth-order valence-corrected chi connectivity index (χ4v) is 3.95. The molecule has 0 aliphatic carbocycles. The molecule has 5 heteroatoms. The van der Waals surface area contributed by atoms with Gasteiger partial charge < -0.3 is 0 Å². The number of hydrogen-bond acceptors (Lipinski definition) is 4. The van der Waals surface area contributed by atoms with E-state index in [0.29, 0.717) is 11.5 Å². The molecular weight excluding hydrogens is 384 g/mol. The summed E-state index contributed by atoms with van der Waals surface area (Å²) in [6.45, 7) is 2.76. The first-order chi connectivity index (χ1) is 10.0. The van der Waals surface area contributed by atoms with Crippen molar-refractivity contribution in [3.63, 3.8) is 0 Å². The summed E-state index contributed by atoms with van der Waals surface area (Å²) in [6, 6.07) is 15.1. The predicted molar refractivity (Wildman–Crippen MR) is 80.5 cm³/mol. The summed E-state index contributed by atoms with van der Waals surface area (Å²) in [5.74, 6) is 0.480. The molecule has 0 atom stereocenters. The van der Waals surface area contributed by atoms with E-state index in [0.717, 1.165) is 0 Å². The molecule has 2 aromatic carbocycles. The van der Waals surface area contributed by atoms with E-state index in [1.807, 2.05) is 24.3 Å². The van der Waals surface area contributed by atoms with Gasteiger partial charge in [0.05, 0.1) is 0 Å². The zero-order valence-electron chi connectivity index (χ0n) is 11.7. The van der Waals surface area contributed by atoms with Gasteiger partial charge in [-0.05, 0) is 0 Å². The van der Waals surface area contributed by atoms with E-state index in [4.69, 9.17) is 9.47 Å². The Morgan fingerprint density at radius 1 is 0.714 bits per heavy atom. The van der Waals surface area contributed by atoms with Crippen LogP contribution in [0.3, 0.4) is 0 Å². The van der Waals surface area contributed by atoms with Crippen LogP contribution in [0.1, 0.15) is 13.8 Å². The molecule has 21 heavy (non-hydrogen) atoms. The van der Waals surface area contributed by atoms with Crippen LogP contribution in [0, 0.1) is 0 Å². The van der Waals surface area contributed by atoms with Gasteiger partial charge in [0.15, 0.2) is 0 Å². The average molecular weight is 398 g/mol. The van der Waals surface area contributed by atoms with Crippen LogP contribution in [0.15, 0.2) is 48.5 Å². The van der Waals surface area contributed by atoms with Crippen molar-refractivity contribution in [2.45, 2.75) is 13.8 Å². The van der Waals surface area contributed by atoms with Crippen LogP contribution in [0.2, 0.25) is 0 Å². The Hall–Kier alpha value is -1.83. The summed E-state index contributed by atoms with van der Waals surface area (Å²) in [4.78, 5) is 21.7. The Bertz CT molecular complexity index is 575. The quantitative estimate of drug-likeness (QED) is 0.442. The molecule has 108 valence electrons. The molecule has 0 aliphatic rings. The first-order valence-electron chi connectivity index (χ1n) is 6.28. The van der Waals surface area contributed by atoms with Gasteiger partial charge in [-0.1, -0.05) is 0 Å². The zero-order chi connectivity index (χ0) is 15.2. The number of benzene rings is 2. The van der Waals surface area contributed by atoms with Crippen LogP contribution >= 0.6 is 0 Å². The van der Waals surface area contributed by atoms with Gasteiger partial charge in [0, 0.05) is 0 Å². The SMILES string of the molecule is CC(=O)Oc1ccc([Te]c2ccc(OC(C)=O)cc2)cc1. The molecule has 0 fully saturated rings. The molecule has 0 saturated heterocycles. The molecule has 0 aliphatic heterocycles. The second kappa shape index (κ2) is 7.26. The standard InChI is InChI=1S/C16H14O4Te/c1-11(17)19-13-3-7-15(8-4-13)21-16-9-5-14(6-10-16)20-12(2)18/h3-10H,1-2H3. The van der Waals surface area contributed by atoms with Crippen LogP contribution in [-0.4, -0.2) is 32.9 Å². The number of rotatable bonds is 4. The van der Waals surface area contributed by atoms with E-state index >= 15 is 0 Å². The third-order valence-corrected chi connectivity index (χ3v) is 5.31. The number of carbonyl (C=O) groups excluding carboxylic acids is 2. The Morgan fingerprint density at radius 3 is 1.33 bits per heavy atom. The maximum atomic E-state index is 10.8. The number of esters is 2. The molecule has 0 aromatic heterocycles. The van der Waals surface area contributed by atoms with Crippen LogP contribution < -0.4 is 16.7 Å². The molecular formula is C16H14O4Te. The number of hydrogen-bond donors (Lipinski definition) is 0. The van der Waals surface area contributed by atoms with Crippen molar-refractivity contribution in [1.29, 1.82) is 0 Å². The van der Waals surface area contributed by atoms with Gasteiger partial charge >= 0.3 is 133 Å². The Balaban J connectivity index is 2.01. The first-order valence-corrected chi connectivity index (χ1v) is 8.61. The van der Waals surface area contributed by atoms with Crippen LogP contribution in [0.25, 0.3) is 0 Å². The molecule has 0 bridgehead atoms. The van der Waals surface area contributed by atoms with E-state index in [1.54, 1.807) is 24.3 Å². The molecule has 0 N–H and O–H groups in total. The van der Waals surface area contributed by atoms with E-state index in [-0.39, 0.29) is 11.9 Å². The van der Waals surface area contributed by atoms with E-state index in [9.17, 15) is 9.59 Å². The third-order valence-electron chi connectivity index (χ3n) is 2.41. The predicted octanol–water partition coefficient (Wildman–Crippen LogP) is 1.19. The molecule has 0 amide bonds. The molecule has 0 spiro atoms. The van der Waals surface area contributed by atoms with Crippen LogP contribution in [0.4, 0.5) is 0 Å². The van der Waals surface area contributed by atoms with Crippen molar-refractivity contribution in [3.8, 4) is 11.5 Å².